The van der Waals surface area contributed by atoms with Crippen LogP contribution in [-0.2, 0) is 10.0 Å². The summed E-state index contributed by atoms with van der Waals surface area (Å²) in [6.45, 7) is 1.81. The minimum Gasteiger partial charge on any atom is -0.398 e. The number of anilines is 2. The number of hydrogen-bond donors (Lipinski definition) is 1. The Hall–Kier alpha value is -2.52. The molecule has 2 aromatic rings. The van der Waals surface area contributed by atoms with E-state index in [-0.39, 0.29) is 4.90 Å². The third-order valence-electron chi connectivity index (χ3n) is 3.25. The van der Waals surface area contributed by atoms with Crippen molar-refractivity contribution < 1.29 is 8.42 Å². The van der Waals surface area contributed by atoms with Crippen LogP contribution in [0, 0.1) is 18.3 Å². The Labute approximate surface area is 124 Å². The van der Waals surface area contributed by atoms with Crippen LogP contribution in [0.1, 0.15) is 11.1 Å². The SMILES string of the molecule is Cc1ccc(S(=O)(=O)N(C)c2cccc(C#N)c2)cc1N. The molecule has 2 aromatic carbocycles. The zero-order valence-corrected chi connectivity index (χ0v) is 12.6. The summed E-state index contributed by atoms with van der Waals surface area (Å²) >= 11 is 0. The number of aryl methyl sites for hydroxylation is 1. The zero-order chi connectivity index (χ0) is 15.6. The minimum atomic E-state index is -3.71. The molecule has 0 aliphatic carbocycles. The number of hydrogen-bond acceptors (Lipinski definition) is 4. The Morgan fingerprint density at radius 3 is 2.52 bits per heavy atom. The van der Waals surface area contributed by atoms with Crippen molar-refractivity contribution in [3.63, 3.8) is 0 Å². The molecule has 0 aliphatic heterocycles. The number of sulfonamides is 1. The average molecular weight is 301 g/mol. The van der Waals surface area contributed by atoms with E-state index in [0.717, 1.165) is 9.87 Å². The summed E-state index contributed by atoms with van der Waals surface area (Å²) in [4.78, 5) is 0.121. The van der Waals surface area contributed by atoms with Crippen LogP contribution in [0.3, 0.4) is 0 Å². The lowest BCUT2D eigenvalue weighted by atomic mass is 10.2. The van der Waals surface area contributed by atoms with Gasteiger partial charge < -0.3 is 5.73 Å². The van der Waals surface area contributed by atoms with Crippen molar-refractivity contribution in [2.24, 2.45) is 0 Å². The van der Waals surface area contributed by atoms with Crippen LogP contribution in [0.15, 0.2) is 47.4 Å². The lowest BCUT2D eigenvalue weighted by Crippen LogP contribution is -2.26. The highest BCUT2D eigenvalue weighted by Crippen LogP contribution is 2.25. The van der Waals surface area contributed by atoms with Crippen LogP contribution < -0.4 is 10.0 Å². The first-order chi connectivity index (χ1) is 9.86. The zero-order valence-electron chi connectivity index (χ0n) is 11.7. The Kier molecular flexibility index (Phi) is 3.87. The molecule has 0 unspecified atom stereocenters. The molecule has 5 nitrogen and oxygen atoms in total. The molecule has 0 saturated carbocycles. The van der Waals surface area contributed by atoms with E-state index in [0.29, 0.717) is 16.9 Å². The fourth-order valence-corrected chi connectivity index (χ4v) is 3.07. The lowest BCUT2D eigenvalue weighted by Gasteiger charge is -2.20. The summed E-state index contributed by atoms with van der Waals surface area (Å²) < 4.78 is 26.3. The molecule has 0 aliphatic rings. The Bertz CT molecular complexity index is 823. The maximum absolute atomic E-state index is 12.6. The van der Waals surface area contributed by atoms with Crippen molar-refractivity contribution in [2.75, 3.05) is 17.1 Å². The van der Waals surface area contributed by atoms with Gasteiger partial charge in [0, 0.05) is 12.7 Å². The second-order valence-corrected chi connectivity index (χ2v) is 6.62. The Morgan fingerprint density at radius 1 is 1.19 bits per heavy atom. The highest BCUT2D eigenvalue weighted by atomic mass is 32.2. The van der Waals surface area contributed by atoms with E-state index in [2.05, 4.69) is 0 Å². The number of nitrogen functional groups attached to an aromatic ring is 1. The van der Waals surface area contributed by atoms with Gasteiger partial charge in [0.2, 0.25) is 0 Å². The van der Waals surface area contributed by atoms with Crippen molar-refractivity contribution in [3.8, 4) is 6.07 Å². The van der Waals surface area contributed by atoms with Crippen LogP contribution in [0.5, 0.6) is 0 Å². The third kappa shape index (κ3) is 2.83. The van der Waals surface area contributed by atoms with Gasteiger partial charge in [-0.05, 0) is 42.8 Å². The summed E-state index contributed by atoms with van der Waals surface area (Å²) in [6.07, 6.45) is 0. The number of nitrogens with two attached hydrogens (primary N) is 1. The first-order valence-electron chi connectivity index (χ1n) is 6.21. The monoisotopic (exact) mass is 301 g/mol. The molecule has 0 amide bonds. The molecule has 0 bridgehead atoms. The van der Waals surface area contributed by atoms with E-state index in [1.165, 1.54) is 25.2 Å². The van der Waals surface area contributed by atoms with Gasteiger partial charge in [-0.15, -0.1) is 0 Å². The smallest absolute Gasteiger partial charge is 0.264 e. The topological polar surface area (TPSA) is 87.2 Å². The Morgan fingerprint density at radius 2 is 1.90 bits per heavy atom. The second-order valence-electron chi connectivity index (χ2n) is 4.65. The summed E-state index contributed by atoms with van der Waals surface area (Å²) in [6, 6.07) is 13.0. The molecule has 0 atom stereocenters. The van der Waals surface area contributed by atoms with E-state index in [9.17, 15) is 8.42 Å². The molecule has 0 radical (unpaired) electrons. The van der Waals surface area contributed by atoms with Gasteiger partial charge in [0.25, 0.3) is 10.0 Å². The van der Waals surface area contributed by atoms with E-state index in [1.54, 1.807) is 24.3 Å². The molecule has 0 saturated heterocycles. The molecule has 6 heteroatoms. The molecular weight excluding hydrogens is 286 g/mol. The van der Waals surface area contributed by atoms with Crippen LogP contribution in [0.2, 0.25) is 0 Å². The first-order valence-corrected chi connectivity index (χ1v) is 7.65. The number of benzene rings is 2. The molecule has 0 fully saturated rings. The molecule has 21 heavy (non-hydrogen) atoms. The van der Waals surface area contributed by atoms with Gasteiger partial charge in [-0.25, -0.2) is 8.42 Å². The van der Waals surface area contributed by atoms with Crippen molar-refractivity contribution >= 4 is 21.4 Å². The van der Waals surface area contributed by atoms with Gasteiger partial charge in [-0.2, -0.15) is 5.26 Å². The van der Waals surface area contributed by atoms with Crippen LogP contribution in [0.4, 0.5) is 11.4 Å². The summed E-state index contributed by atoms with van der Waals surface area (Å²) in [7, 11) is -2.27. The summed E-state index contributed by atoms with van der Waals surface area (Å²) in [5.41, 5.74) is 7.85. The van der Waals surface area contributed by atoms with Crippen LogP contribution in [0.25, 0.3) is 0 Å². The molecule has 2 rings (SSSR count). The predicted octanol–water partition coefficient (Wildman–Crippen LogP) is 2.27. The van der Waals surface area contributed by atoms with E-state index in [4.69, 9.17) is 11.0 Å². The van der Waals surface area contributed by atoms with Gasteiger partial charge in [-0.3, -0.25) is 4.31 Å². The van der Waals surface area contributed by atoms with Crippen molar-refractivity contribution in [1.82, 2.24) is 0 Å². The first kappa shape index (κ1) is 14.9. The molecule has 0 aromatic heterocycles. The molecule has 108 valence electrons. The summed E-state index contributed by atoms with van der Waals surface area (Å²) in [5, 5.41) is 8.90. The molecular formula is C15H15N3O2S. The average Bonchev–Trinajstić information content (AvgIpc) is 2.49. The van der Waals surface area contributed by atoms with Crippen molar-refractivity contribution in [1.29, 1.82) is 5.26 Å². The quantitative estimate of drug-likeness (QED) is 0.881. The highest BCUT2D eigenvalue weighted by Gasteiger charge is 2.22. The number of nitriles is 1. The highest BCUT2D eigenvalue weighted by molar-refractivity contribution is 7.92. The maximum atomic E-state index is 12.6. The minimum absolute atomic E-state index is 0.121. The van der Waals surface area contributed by atoms with Gasteiger partial charge in [-0.1, -0.05) is 12.1 Å². The maximum Gasteiger partial charge on any atom is 0.264 e. The van der Waals surface area contributed by atoms with Crippen LogP contribution >= 0.6 is 0 Å². The molecule has 0 heterocycles. The van der Waals surface area contributed by atoms with Gasteiger partial charge in [0.05, 0.1) is 22.2 Å². The van der Waals surface area contributed by atoms with E-state index in [1.807, 2.05) is 13.0 Å². The van der Waals surface area contributed by atoms with Gasteiger partial charge in [0.1, 0.15) is 0 Å². The largest absolute Gasteiger partial charge is 0.398 e. The molecule has 2 N–H and O–H groups in total. The standard InChI is InChI=1S/C15H15N3O2S/c1-11-6-7-14(9-15(11)17)21(19,20)18(2)13-5-3-4-12(8-13)10-16/h3-9H,17H2,1-2H3. The van der Waals surface area contributed by atoms with Gasteiger partial charge in [0.15, 0.2) is 0 Å². The number of nitrogens with zero attached hydrogens (tertiary/aromatic N) is 2. The van der Waals surface area contributed by atoms with Crippen LogP contribution in [-0.4, -0.2) is 15.5 Å². The van der Waals surface area contributed by atoms with Gasteiger partial charge >= 0.3 is 0 Å². The predicted molar refractivity (Wildman–Crippen MR) is 82.3 cm³/mol. The second kappa shape index (κ2) is 5.46. The van der Waals surface area contributed by atoms with Crippen molar-refractivity contribution in [3.05, 3.63) is 53.6 Å². The fraction of sp³-hybridized carbons (Fsp3) is 0.133. The Balaban J connectivity index is 2.47. The normalized spacial score (nSPS) is 10.9. The van der Waals surface area contributed by atoms with E-state index < -0.39 is 10.0 Å². The van der Waals surface area contributed by atoms with E-state index >= 15 is 0 Å². The lowest BCUT2D eigenvalue weighted by molar-refractivity contribution is 0.594. The van der Waals surface area contributed by atoms with Crippen molar-refractivity contribution in [2.45, 2.75) is 11.8 Å². The third-order valence-corrected chi connectivity index (χ3v) is 5.03. The number of rotatable bonds is 3. The molecule has 0 spiro atoms. The summed E-state index contributed by atoms with van der Waals surface area (Å²) in [5.74, 6) is 0. The fourth-order valence-electron chi connectivity index (χ4n) is 1.85.